The number of esters is 3. The van der Waals surface area contributed by atoms with E-state index in [0.717, 1.165) is 13.8 Å². The largest absolute Gasteiger partial charge is 0.445 e. The number of carbonyl (C=O) groups excluding carboxylic acids is 4. The lowest BCUT2D eigenvalue weighted by Gasteiger charge is -2.45. The molecule has 7 heteroatoms. The van der Waals surface area contributed by atoms with Crippen LogP contribution in [0.2, 0.25) is 0 Å². The Morgan fingerprint density at radius 3 is 2.38 bits per heavy atom. The van der Waals surface area contributed by atoms with E-state index in [1.165, 1.54) is 6.92 Å². The van der Waals surface area contributed by atoms with Gasteiger partial charge in [0.25, 0.3) is 6.29 Å². The maximum absolute atomic E-state index is 12.5. The molecule has 0 aromatic rings. The lowest BCUT2D eigenvalue weighted by Crippen LogP contribution is -2.63. The van der Waals surface area contributed by atoms with Crippen LogP contribution in [0.15, 0.2) is 0 Å². The van der Waals surface area contributed by atoms with E-state index in [1.807, 2.05) is 0 Å². The summed E-state index contributed by atoms with van der Waals surface area (Å²) in [6.45, 7) is 5.48. The maximum Gasteiger partial charge on any atom is 0.355 e. The Morgan fingerprint density at radius 1 is 1.24 bits per heavy atom. The van der Waals surface area contributed by atoms with Gasteiger partial charge in [-0.15, -0.1) is 0 Å². The molecule has 0 radical (unpaired) electrons. The zero-order chi connectivity index (χ0) is 16.0. The van der Waals surface area contributed by atoms with Crippen molar-refractivity contribution in [1.82, 2.24) is 0 Å². The highest BCUT2D eigenvalue weighted by Gasteiger charge is 2.76. The first-order chi connectivity index (χ1) is 9.66. The molecule has 2 fully saturated rings. The molecular formula is C14H18O7. The van der Waals surface area contributed by atoms with E-state index in [1.54, 1.807) is 6.92 Å². The second-order valence-electron chi connectivity index (χ2n) is 5.74. The summed E-state index contributed by atoms with van der Waals surface area (Å²) in [5.74, 6) is -2.95. The minimum atomic E-state index is -1.74. The molecule has 2 rings (SSSR count). The zero-order valence-corrected chi connectivity index (χ0v) is 12.4. The number of hydrogen-bond donors (Lipinski definition) is 0. The lowest BCUT2D eigenvalue weighted by atomic mass is 9.59. The van der Waals surface area contributed by atoms with E-state index in [4.69, 9.17) is 14.2 Å². The second kappa shape index (κ2) is 4.82. The zero-order valence-electron chi connectivity index (χ0n) is 12.4. The van der Waals surface area contributed by atoms with Crippen molar-refractivity contribution in [3.05, 3.63) is 0 Å². The smallest absolute Gasteiger partial charge is 0.355 e. The van der Waals surface area contributed by atoms with Crippen molar-refractivity contribution in [2.45, 2.75) is 52.4 Å². The summed E-state index contributed by atoms with van der Waals surface area (Å²) in [5, 5.41) is 0. The van der Waals surface area contributed by atoms with Crippen LogP contribution in [0.4, 0.5) is 0 Å². The van der Waals surface area contributed by atoms with Crippen molar-refractivity contribution in [2.75, 3.05) is 0 Å². The average molecular weight is 298 g/mol. The van der Waals surface area contributed by atoms with Gasteiger partial charge in [-0.25, -0.2) is 4.79 Å². The van der Waals surface area contributed by atoms with Crippen molar-refractivity contribution >= 4 is 23.7 Å². The fourth-order valence-electron chi connectivity index (χ4n) is 3.32. The van der Waals surface area contributed by atoms with Gasteiger partial charge in [-0.1, -0.05) is 6.92 Å². The number of ether oxygens (including phenoxy) is 3. The van der Waals surface area contributed by atoms with E-state index >= 15 is 0 Å². The van der Waals surface area contributed by atoms with Crippen LogP contribution in [-0.2, 0) is 33.4 Å². The van der Waals surface area contributed by atoms with E-state index < -0.39 is 41.1 Å². The van der Waals surface area contributed by atoms with Crippen LogP contribution >= 0.6 is 0 Å². The molecule has 1 saturated heterocycles. The molecule has 1 saturated carbocycles. The summed E-state index contributed by atoms with van der Waals surface area (Å²) < 4.78 is 15.4. The molecule has 1 heterocycles. The predicted octanol–water partition coefficient (Wildman–Crippen LogP) is 0.740. The summed E-state index contributed by atoms with van der Waals surface area (Å²) in [6.07, 6.45) is -0.782. The first-order valence-electron chi connectivity index (χ1n) is 6.77. The maximum atomic E-state index is 12.5. The van der Waals surface area contributed by atoms with Crippen LogP contribution in [0.1, 0.15) is 40.5 Å². The fourth-order valence-corrected chi connectivity index (χ4v) is 3.32. The molecule has 0 spiro atoms. The van der Waals surface area contributed by atoms with Gasteiger partial charge >= 0.3 is 17.9 Å². The quantitative estimate of drug-likeness (QED) is 0.694. The molecule has 1 aliphatic heterocycles. The first kappa shape index (κ1) is 15.5. The van der Waals surface area contributed by atoms with Crippen LogP contribution in [0, 0.1) is 11.3 Å². The minimum absolute atomic E-state index is 0.203. The summed E-state index contributed by atoms with van der Waals surface area (Å²) >= 11 is 0. The molecule has 0 aromatic heterocycles. The molecule has 0 amide bonds. The number of ketones is 1. The van der Waals surface area contributed by atoms with Crippen molar-refractivity contribution in [2.24, 2.45) is 11.3 Å². The number of fused-ring (bicyclic) bond motifs is 1. The Hall–Kier alpha value is -1.92. The molecule has 4 atom stereocenters. The van der Waals surface area contributed by atoms with E-state index in [-0.39, 0.29) is 12.2 Å². The third-order valence-corrected chi connectivity index (χ3v) is 4.42. The predicted molar refractivity (Wildman–Crippen MR) is 67.7 cm³/mol. The number of cyclic esters (lactones) is 1. The van der Waals surface area contributed by atoms with Crippen molar-refractivity contribution < 1.29 is 33.4 Å². The van der Waals surface area contributed by atoms with Gasteiger partial charge in [0.05, 0.1) is 0 Å². The van der Waals surface area contributed by atoms with Crippen molar-refractivity contribution in [1.29, 1.82) is 0 Å². The van der Waals surface area contributed by atoms with Crippen LogP contribution in [-0.4, -0.2) is 35.6 Å². The highest BCUT2D eigenvalue weighted by molar-refractivity contribution is 6.00. The van der Waals surface area contributed by atoms with Gasteiger partial charge in [0.1, 0.15) is 0 Å². The summed E-state index contributed by atoms with van der Waals surface area (Å²) in [4.78, 5) is 47.5. The summed E-state index contributed by atoms with van der Waals surface area (Å²) in [5.41, 5.74) is -3.27. The fraction of sp³-hybridized carbons (Fsp3) is 0.714. The van der Waals surface area contributed by atoms with Crippen LogP contribution in [0.25, 0.3) is 0 Å². The molecule has 7 nitrogen and oxygen atoms in total. The van der Waals surface area contributed by atoms with E-state index in [0.29, 0.717) is 6.42 Å². The third-order valence-electron chi connectivity index (χ3n) is 4.42. The van der Waals surface area contributed by atoms with Gasteiger partial charge < -0.3 is 14.2 Å². The third kappa shape index (κ3) is 1.94. The number of carbonyl (C=O) groups is 4. The van der Waals surface area contributed by atoms with Crippen LogP contribution < -0.4 is 0 Å². The van der Waals surface area contributed by atoms with Gasteiger partial charge in [0.15, 0.2) is 11.2 Å². The minimum Gasteiger partial charge on any atom is -0.445 e. The standard InChI is InChI=1S/C14H18O7/c1-7-5-6-10(17)13(4)12(19-8(2)15)20-11(18)14(7,13)21-9(3)16/h7,12H,5-6H2,1-4H3/t7-,12-,13+,14+/m0/s1. The number of hydrogen-bond acceptors (Lipinski definition) is 7. The van der Waals surface area contributed by atoms with E-state index in [9.17, 15) is 19.2 Å². The molecule has 2 aliphatic rings. The van der Waals surface area contributed by atoms with E-state index in [2.05, 4.69) is 0 Å². The molecule has 0 unspecified atom stereocenters. The number of rotatable bonds is 2. The molecule has 0 aromatic carbocycles. The Kier molecular flexibility index (Phi) is 3.55. The Morgan fingerprint density at radius 2 is 1.86 bits per heavy atom. The molecule has 0 bridgehead atoms. The summed E-state index contributed by atoms with van der Waals surface area (Å²) in [6, 6.07) is 0. The monoisotopic (exact) mass is 298 g/mol. The summed E-state index contributed by atoms with van der Waals surface area (Å²) in [7, 11) is 0. The van der Waals surface area contributed by atoms with Gasteiger partial charge in [0, 0.05) is 26.2 Å². The van der Waals surface area contributed by atoms with Crippen molar-refractivity contribution in [3.8, 4) is 0 Å². The molecule has 116 valence electrons. The van der Waals surface area contributed by atoms with Gasteiger partial charge in [0.2, 0.25) is 5.60 Å². The molecule has 1 aliphatic carbocycles. The number of Topliss-reactive ketones (excluding diaryl/α,β-unsaturated/α-hetero) is 1. The Bertz CT molecular complexity index is 525. The van der Waals surface area contributed by atoms with Crippen molar-refractivity contribution in [3.63, 3.8) is 0 Å². The Labute approximate surface area is 121 Å². The van der Waals surface area contributed by atoms with Gasteiger partial charge in [-0.3, -0.25) is 14.4 Å². The molecule has 0 N–H and O–H groups in total. The lowest BCUT2D eigenvalue weighted by molar-refractivity contribution is -0.204. The average Bonchev–Trinajstić information content (AvgIpc) is 2.57. The Balaban J connectivity index is 2.58. The van der Waals surface area contributed by atoms with Crippen LogP contribution in [0.5, 0.6) is 0 Å². The highest BCUT2D eigenvalue weighted by atomic mass is 16.7. The molecular weight excluding hydrogens is 280 g/mol. The highest BCUT2D eigenvalue weighted by Crippen LogP contribution is 2.55. The van der Waals surface area contributed by atoms with Gasteiger partial charge in [-0.2, -0.15) is 0 Å². The SMILES string of the molecule is CC(=O)O[C@H]1OC(=O)[C@]2(OC(C)=O)[C@@H](C)CCC(=O)[C@]12C. The molecule has 21 heavy (non-hydrogen) atoms. The first-order valence-corrected chi connectivity index (χ1v) is 6.77. The second-order valence-corrected chi connectivity index (χ2v) is 5.74. The van der Waals surface area contributed by atoms with Crippen LogP contribution in [0.3, 0.4) is 0 Å². The van der Waals surface area contributed by atoms with Gasteiger partial charge in [-0.05, 0) is 13.3 Å². The topological polar surface area (TPSA) is 96.0 Å². The normalized spacial score (nSPS) is 38.5.